The second-order valence-corrected chi connectivity index (χ2v) is 8.06. The van der Waals surface area contributed by atoms with Crippen LogP contribution in [0.25, 0.3) is 10.1 Å². The quantitative estimate of drug-likeness (QED) is 0.480. The topological polar surface area (TPSA) is 46.6 Å². The van der Waals surface area contributed by atoms with E-state index in [-0.39, 0.29) is 18.3 Å². The molecule has 1 amide bonds. The lowest BCUT2D eigenvalue weighted by Gasteiger charge is -2.20. The van der Waals surface area contributed by atoms with Crippen LogP contribution in [0.5, 0.6) is 0 Å². The SMILES string of the molecule is CCOC(=O)CCN(CC)C(=O)c1sc2ccccc2c1Cc1ccc(C)cc1. The van der Waals surface area contributed by atoms with E-state index in [1.54, 1.807) is 11.8 Å². The molecule has 0 radical (unpaired) electrons. The highest BCUT2D eigenvalue weighted by Crippen LogP contribution is 2.34. The number of nitrogens with zero attached hydrogens (tertiary/aromatic N) is 1. The van der Waals surface area contributed by atoms with E-state index in [0.29, 0.717) is 26.1 Å². The van der Waals surface area contributed by atoms with E-state index in [4.69, 9.17) is 4.74 Å². The summed E-state index contributed by atoms with van der Waals surface area (Å²) >= 11 is 1.54. The molecule has 0 aliphatic rings. The predicted octanol–water partition coefficient (Wildman–Crippen LogP) is 5.22. The van der Waals surface area contributed by atoms with E-state index in [1.807, 2.05) is 19.1 Å². The molecule has 4 nitrogen and oxygen atoms in total. The van der Waals surface area contributed by atoms with Crippen LogP contribution < -0.4 is 0 Å². The summed E-state index contributed by atoms with van der Waals surface area (Å²) in [6.45, 7) is 7.07. The van der Waals surface area contributed by atoms with Crippen LogP contribution in [0.3, 0.4) is 0 Å². The normalized spacial score (nSPS) is 10.9. The molecule has 0 bridgehead atoms. The van der Waals surface area contributed by atoms with Gasteiger partial charge < -0.3 is 9.64 Å². The Kier molecular flexibility index (Phi) is 7.04. The van der Waals surface area contributed by atoms with Gasteiger partial charge in [-0.25, -0.2) is 0 Å². The number of esters is 1. The van der Waals surface area contributed by atoms with E-state index < -0.39 is 0 Å². The number of aryl methyl sites for hydroxylation is 1. The van der Waals surface area contributed by atoms with Gasteiger partial charge in [-0.2, -0.15) is 0 Å². The molecule has 0 saturated heterocycles. The number of hydrogen-bond acceptors (Lipinski definition) is 4. The van der Waals surface area contributed by atoms with Gasteiger partial charge >= 0.3 is 5.97 Å². The molecule has 0 atom stereocenters. The molecule has 0 N–H and O–H groups in total. The number of amides is 1. The van der Waals surface area contributed by atoms with Crippen molar-refractivity contribution in [3.8, 4) is 0 Å². The summed E-state index contributed by atoms with van der Waals surface area (Å²) in [4.78, 5) is 27.6. The highest BCUT2D eigenvalue weighted by Gasteiger charge is 2.23. The zero-order valence-corrected chi connectivity index (χ0v) is 18.1. The molecular weight excluding hydrogens is 382 g/mol. The van der Waals surface area contributed by atoms with Crippen molar-refractivity contribution in [2.75, 3.05) is 19.7 Å². The molecule has 0 fully saturated rings. The molecule has 0 unspecified atom stereocenters. The first-order valence-electron chi connectivity index (χ1n) is 10.0. The van der Waals surface area contributed by atoms with Crippen LogP contribution in [0, 0.1) is 6.92 Å². The predicted molar refractivity (Wildman–Crippen MR) is 119 cm³/mol. The van der Waals surface area contributed by atoms with Gasteiger partial charge in [-0.15, -0.1) is 11.3 Å². The van der Waals surface area contributed by atoms with Crippen LogP contribution >= 0.6 is 11.3 Å². The molecule has 1 aromatic heterocycles. The first kappa shape index (κ1) is 21.1. The maximum absolute atomic E-state index is 13.4. The van der Waals surface area contributed by atoms with E-state index in [0.717, 1.165) is 20.5 Å². The first-order chi connectivity index (χ1) is 14.0. The van der Waals surface area contributed by atoms with Crippen molar-refractivity contribution in [1.29, 1.82) is 0 Å². The van der Waals surface area contributed by atoms with E-state index in [9.17, 15) is 9.59 Å². The van der Waals surface area contributed by atoms with Crippen LogP contribution in [0.4, 0.5) is 0 Å². The molecule has 152 valence electrons. The van der Waals surface area contributed by atoms with Gasteiger partial charge in [0.05, 0.1) is 17.9 Å². The molecule has 0 aliphatic carbocycles. The van der Waals surface area contributed by atoms with Gasteiger partial charge in [-0.3, -0.25) is 9.59 Å². The third-order valence-electron chi connectivity index (χ3n) is 4.95. The van der Waals surface area contributed by atoms with E-state index >= 15 is 0 Å². The minimum atomic E-state index is -0.269. The summed E-state index contributed by atoms with van der Waals surface area (Å²) in [6.07, 6.45) is 0.923. The largest absolute Gasteiger partial charge is 0.466 e. The number of benzene rings is 2. The van der Waals surface area contributed by atoms with Crippen LogP contribution in [-0.2, 0) is 16.0 Å². The maximum Gasteiger partial charge on any atom is 0.307 e. The van der Waals surface area contributed by atoms with Gasteiger partial charge in [0.15, 0.2) is 0 Å². The second kappa shape index (κ2) is 9.70. The molecule has 29 heavy (non-hydrogen) atoms. The minimum absolute atomic E-state index is 0.0138. The Morgan fingerprint density at radius 1 is 1.03 bits per heavy atom. The van der Waals surface area contributed by atoms with Crippen molar-refractivity contribution in [1.82, 2.24) is 4.90 Å². The average molecular weight is 410 g/mol. The van der Waals surface area contributed by atoms with Crippen molar-refractivity contribution >= 4 is 33.3 Å². The van der Waals surface area contributed by atoms with Crippen molar-refractivity contribution in [3.63, 3.8) is 0 Å². The minimum Gasteiger partial charge on any atom is -0.466 e. The fraction of sp³-hybridized carbons (Fsp3) is 0.333. The lowest BCUT2D eigenvalue weighted by atomic mass is 10.0. The van der Waals surface area contributed by atoms with Crippen molar-refractivity contribution in [2.24, 2.45) is 0 Å². The molecular formula is C24H27NO3S. The van der Waals surface area contributed by atoms with Gasteiger partial charge in [0, 0.05) is 17.8 Å². The molecule has 0 saturated carbocycles. The summed E-state index contributed by atoms with van der Waals surface area (Å²) in [5.41, 5.74) is 3.47. The zero-order valence-electron chi connectivity index (χ0n) is 17.2. The van der Waals surface area contributed by atoms with Crippen molar-refractivity contribution in [3.05, 3.63) is 70.1 Å². The molecule has 5 heteroatoms. The van der Waals surface area contributed by atoms with Gasteiger partial charge in [-0.05, 0) is 49.8 Å². The van der Waals surface area contributed by atoms with Crippen LogP contribution in [0.2, 0.25) is 0 Å². The van der Waals surface area contributed by atoms with Crippen LogP contribution in [-0.4, -0.2) is 36.5 Å². The fourth-order valence-electron chi connectivity index (χ4n) is 3.36. The fourth-order valence-corrected chi connectivity index (χ4v) is 4.55. The van der Waals surface area contributed by atoms with Gasteiger partial charge in [0.25, 0.3) is 5.91 Å². The number of carbonyl (C=O) groups is 2. The number of rotatable bonds is 8. The van der Waals surface area contributed by atoms with Crippen molar-refractivity contribution in [2.45, 2.75) is 33.6 Å². The second-order valence-electron chi connectivity index (χ2n) is 7.01. The number of fused-ring (bicyclic) bond motifs is 1. The Morgan fingerprint density at radius 2 is 1.76 bits per heavy atom. The smallest absolute Gasteiger partial charge is 0.307 e. The molecule has 3 aromatic rings. The Balaban J connectivity index is 1.91. The Hall–Kier alpha value is -2.66. The van der Waals surface area contributed by atoms with E-state index in [2.05, 4.69) is 43.3 Å². The third kappa shape index (κ3) is 5.04. The summed E-state index contributed by atoms with van der Waals surface area (Å²) in [7, 11) is 0. The zero-order chi connectivity index (χ0) is 20.8. The number of ether oxygens (including phenoxy) is 1. The maximum atomic E-state index is 13.4. The highest BCUT2D eigenvalue weighted by atomic mass is 32.1. The highest BCUT2D eigenvalue weighted by molar-refractivity contribution is 7.21. The monoisotopic (exact) mass is 409 g/mol. The third-order valence-corrected chi connectivity index (χ3v) is 6.16. The summed E-state index contributed by atoms with van der Waals surface area (Å²) < 4.78 is 6.12. The Bertz CT molecular complexity index is 991. The van der Waals surface area contributed by atoms with Crippen LogP contribution in [0.15, 0.2) is 48.5 Å². The Morgan fingerprint density at radius 3 is 2.45 bits per heavy atom. The molecule has 0 aliphatic heterocycles. The van der Waals surface area contributed by atoms with Gasteiger partial charge in [0.2, 0.25) is 0 Å². The van der Waals surface area contributed by atoms with Gasteiger partial charge in [-0.1, -0.05) is 48.0 Å². The average Bonchev–Trinajstić information content (AvgIpc) is 3.08. The van der Waals surface area contributed by atoms with Crippen molar-refractivity contribution < 1.29 is 14.3 Å². The van der Waals surface area contributed by atoms with Gasteiger partial charge in [0.1, 0.15) is 0 Å². The van der Waals surface area contributed by atoms with Crippen LogP contribution in [0.1, 0.15) is 46.6 Å². The molecule has 2 aromatic carbocycles. The lowest BCUT2D eigenvalue weighted by Crippen LogP contribution is -2.33. The summed E-state index contributed by atoms with van der Waals surface area (Å²) in [5.74, 6) is -0.282. The molecule has 0 spiro atoms. The molecule has 3 rings (SSSR count). The first-order valence-corrected chi connectivity index (χ1v) is 10.9. The lowest BCUT2D eigenvalue weighted by molar-refractivity contribution is -0.143. The number of hydrogen-bond donors (Lipinski definition) is 0. The summed E-state index contributed by atoms with van der Waals surface area (Å²) in [5, 5.41) is 1.13. The Labute approximate surface area is 176 Å². The number of carbonyl (C=O) groups excluding carboxylic acids is 2. The standard InChI is InChI=1S/C24H27NO3S/c1-4-25(15-14-22(26)28-5-2)24(27)23-20(16-18-12-10-17(3)11-13-18)19-8-6-7-9-21(19)29-23/h6-13H,4-5,14-16H2,1-3H3. The van der Waals surface area contributed by atoms with E-state index in [1.165, 1.54) is 22.5 Å². The summed E-state index contributed by atoms with van der Waals surface area (Å²) in [6, 6.07) is 16.6. The molecule has 1 heterocycles. The number of thiophene rings is 1.